The highest BCUT2D eigenvalue weighted by Gasteiger charge is 2.27. The molecule has 3 rings (SSSR count). The highest BCUT2D eigenvalue weighted by Crippen LogP contribution is 2.21. The van der Waals surface area contributed by atoms with Crippen molar-refractivity contribution in [2.75, 3.05) is 13.1 Å². The zero-order chi connectivity index (χ0) is 16.4. The molecular formula is C16H16N2O4S. The summed E-state index contributed by atoms with van der Waals surface area (Å²) in [5.41, 5.74) is 0.577. The van der Waals surface area contributed by atoms with Gasteiger partial charge in [-0.15, -0.1) is 0 Å². The minimum atomic E-state index is -3.49. The van der Waals surface area contributed by atoms with Gasteiger partial charge >= 0.3 is 0 Å². The Kier molecular flexibility index (Phi) is 4.14. The van der Waals surface area contributed by atoms with Gasteiger partial charge in [0.15, 0.2) is 6.29 Å². The van der Waals surface area contributed by atoms with E-state index in [4.69, 9.17) is 0 Å². The van der Waals surface area contributed by atoms with E-state index in [1.807, 2.05) is 0 Å². The Morgan fingerprint density at radius 3 is 2.30 bits per heavy atom. The van der Waals surface area contributed by atoms with E-state index in [1.54, 1.807) is 6.07 Å². The zero-order valence-electron chi connectivity index (χ0n) is 12.4. The van der Waals surface area contributed by atoms with E-state index < -0.39 is 10.0 Å². The summed E-state index contributed by atoms with van der Waals surface area (Å²) < 4.78 is 27.6. The largest absolute Gasteiger partial charge is 0.296 e. The number of benzene rings is 1. The molecule has 0 saturated carbocycles. The molecule has 0 N–H and O–H groups in total. The Morgan fingerprint density at radius 1 is 1.04 bits per heavy atom. The number of sulfonamides is 1. The molecule has 6 nitrogen and oxygen atoms in total. The van der Waals surface area contributed by atoms with Crippen LogP contribution in [-0.2, 0) is 10.0 Å². The lowest BCUT2D eigenvalue weighted by molar-refractivity contribution is 0.0947. The fraction of sp³-hybridized carbons (Fsp3) is 0.250. The Morgan fingerprint density at radius 2 is 1.70 bits per heavy atom. The Bertz CT molecular complexity index is 831. The summed E-state index contributed by atoms with van der Waals surface area (Å²) >= 11 is 0. The predicted molar refractivity (Wildman–Crippen MR) is 84.0 cm³/mol. The summed E-state index contributed by atoms with van der Waals surface area (Å²) in [7, 11) is -3.49. The van der Waals surface area contributed by atoms with Crippen molar-refractivity contribution in [2.24, 2.45) is 0 Å². The maximum atomic E-state index is 12.4. The van der Waals surface area contributed by atoms with Gasteiger partial charge in [0.25, 0.3) is 5.91 Å². The lowest BCUT2D eigenvalue weighted by atomic mass is 10.2. The summed E-state index contributed by atoms with van der Waals surface area (Å²) in [5.74, 6) is -0.373. The van der Waals surface area contributed by atoms with Crippen molar-refractivity contribution in [3.8, 4) is 0 Å². The lowest BCUT2D eigenvalue weighted by Gasteiger charge is -2.15. The number of nitrogens with zero attached hydrogens (tertiary/aromatic N) is 2. The van der Waals surface area contributed by atoms with Crippen LogP contribution in [0.1, 0.15) is 33.7 Å². The van der Waals surface area contributed by atoms with Crippen molar-refractivity contribution in [3.63, 3.8) is 0 Å². The molecule has 0 bridgehead atoms. The number of hydrogen-bond donors (Lipinski definition) is 0. The molecule has 0 amide bonds. The fourth-order valence-electron chi connectivity index (χ4n) is 2.66. The van der Waals surface area contributed by atoms with Crippen molar-refractivity contribution in [2.45, 2.75) is 17.7 Å². The second kappa shape index (κ2) is 6.10. The number of aldehydes is 1. The maximum absolute atomic E-state index is 12.4. The minimum Gasteiger partial charge on any atom is -0.296 e. The number of carbonyl (C=O) groups excluding carboxylic acids is 2. The van der Waals surface area contributed by atoms with E-state index in [1.165, 1.54) is 45.4 Å². The molecule has 1 saturated heterocycles. The first-order valence-corrected chi connectivity index (χ1v) is 8.75. The quantitative estimate of drug-likeness (QED) is 0.800. The molecule has 1 aromatic heterocycles. The van der Waals surface area contributed by atoms with Crippen molar-refractivity contribution in [1.29, 1.82) is 0 Å². The number of hydrogen-bond acceptors (Lipinski definition) is 4. The van der Waals surface area contributed by atoms with E-state index in [2.05, 4.69) is 0 Å². The summed E-state index contributed by atoms with van der Waals surface area (Å²) in [5, 5.41) is 0. The van der Waals surface area contributed by atoms with Crippen LogP contribution in [0.15, 0.2) is 47.5 Å². The molecule has 0 atom stereocenters. The summed E-state index contributed by atoms with van der Waals surface area (Å²) in [6.45, 7) is 1.07. The first-order chi connectivity index (χ1) is 11.0. The zero-order valence-corrected chi connectivity index (χ0v) is 13.2. The highest BCUT2D eigenvalue weighted by atomic mass is 32.2. The molecule has 7 heteroatoms. The molecular weight excluding hydrogens is 316 g/mol. The third-order valence-corrected chi connectivity index (χ3v) is 5.84. The van der Waals surface area contributed by atoms with Gasteiger partial charge in [0.05, 0.1) is 10.6 Å². The highest BCUT2D eigenvalue weighted by molar-refractivity contribution is 7.89. The molecule has 23 heavy (non-hydrogen) atoms. The van der Waals surface area contributed by atoms with Crippen molar-refractivity contribution >= 4 is 22.2 Å². The SMILES string of the molecule is O=Cc1cccn1C(=O)c1ccc(S(=O)(=O)N2CCCC2)cc1. The van der Waals surface area contributed by atoms with Gasteiger partial charge in [-0.2, -0.15) is 4.31 Å². The molecule has 0 unspecified atom stereocenters. The predicted octanol–water partition coefficient (Wildman–Crippen LogP) is 1.77. The Balaban J connectivity index is 1.87. The van der Waals surface area contributed by atoms with Gasteiger partial charge in [-0.25, -0.2) is 8.42 Å². The van der Waals surface area contributed by atoms with Gasteiger partial charge in [0.2, 0.25) is 10.0 Å². The molecule has 0 radical (unpaired) electrons. The number of carbonyl (C=O) groups is 2. The molecule has 2 aromatic rings. The average Bonchev–Trinajstić information content (AvgIpc) is 3.25. The van der Waals surface area contributed by atoms with Crippen LogP contribution in [0.25, 0.3) is 0 Å². The van der Waals surface area contributed by atoms with Gasteiger partial charge in [0.1, 0.15) is 0 Å². The van der Waals surface area contributed by atoms with E-state index in [9.17, 15) is 18.0 Å². The van der Waals surface area contributed by atoms with Crippen LogP contribution in [-0.4, -0.2) is 42.6 Å². The molecule has 0 aliphatic carbocycles. The van der Waals surface area contributed by atoms with Crippen molar-refractivity contribution < 1.29 is 18.0 Å². The summed E-state index contributed by atoms with van der Waals surface area (Å²) in [4.78, 5) is 23.4. The summed E-state index contributed by atoms with van der Waals surface area (Å²) in [6, 6.07) is 8.96. The van der Waals surface area contributed by atoms with Crippen molar-refractivity contribution in [3.05, 3.63) is 53.9 Å². The molecule has 0 spiro atoms. The summed E-state index contributed by atoms with van der Waals surface area (Å²) in [6.07, 6.45) is 3.85. The fourth-order valence-corrected chi connectivity index (χ4v) is 4.18. The van der Waals surface area contributed by atoms with Gasteiger partial charge < -0.3 is 0 Å². The molecule has 1 aliphatic heterocycles. The van der Waals surface area contributed by atoms with Crippen LogP contribution in [0.5, 0.6) is 0 Å². The van der Waals surface area contributed by atoms with Crippen LogP contribution in [0.3, 0.4) is 0 Å². The van der Waals surface area contributed by atoms with E-state index in [-0.39, 0.29) is 16.5 Å². The Hall–Kier alpha value is -2.25. The van der Waals surface area contributed by atoms with Gasteiger partial charge in [0, 0.05) is 24.8 Å². The first kappa shape index (κ1) is 15.6. The second-order valence-electron chi connectivity index (χ2n) is 5.36. The van der Waals surface area contributed by atoms with Crippen LogP contribution >= 0.6 is 0 Å². The van der Waals surface area contributed by atoms with E-state index in [0.29, 0.717) is 24.9 Å². The molecule has 2 heterocycles. The van der Waals surface area contributed by atoms with Crippen LogP contribution in [0.2, 0.25) is 0 Å². The maximum Gasteiger partial charge on any atom is 0.262 e. The lowest BCUT2D eigenvalue weighted by Crippen LogP contribution is -2.27. The van der Waals surface area contributed by atoms with Gasteiger partial charge in [-0.3, -0.25) is 14.2 Å². The van der Waals surface area contributed by atoms with Crippen LogP contribution in [0, 0.1) is 0 Å². The molecule has 1 aliphatic rings. The first-order valence-electron chi connectivity index (χ1n) is 7.31. The smallest absolute Gasteiger partial charge is 0.262 e. The third kappa shape index (κ3) is 2.85. The monoisotopic (exact) mass is 332 g/mol. The number of rotatable bonds is 4. The standard InChI is InChI=1S/C16H16N2O4S/c19-12-14-4-3-11-18(14)16(20)13-5-7-15(8-6-13)23(21,22)17-9-1-2-10-17/h3-8,11-12H,1-2,9-10H2. The Labute approximate surface area is 134 Å². The van der Waals surface area contributed by atoms with Gasteiger partial charge in [-0.1, -0.05) is 0 Å². The normalized spacial score (nSPS) is 15.7. The topological polar surface area (TPSA) is 76.5 Å². The third-order valence-electron chi connectivity index (χ3n) is 3.92. The van der Waals surface area contributed by atoms with Gasteiger partial charge in [-0.05, 0) is 49.2 Å². The van der Waals surface area contributed by atoms with E-state index >= 15 is 0 Å². The molecule has 120 valence electrons. The second-order valence-corrected chi connectivity index (χ2v) is 7.30. The van der Waals surface area contributed by atoms with Crippen LogP contribution in [0.4, 0.5) is 0 Å². The van der Waals surface area contributed by atoms with E-state index in [0.717, 1.165) is 12.8 Å². The van der Waals surface area contributed by atoms with Crippen LogP contribution < -0.4 is 0 Å². The molecule has 1 fully saturated rings. The average molecular weight is 332 g/mol. The van der Waals surface area contributed by atoms with Crippen molar-refractivity contribution in [1.82, 2.24) is 8.87 Å². The minimum absolute atomic E-state index is 0.180. The number of aromatic nitrogens is 1. The molecule has 1 aromatic carbocycles.